The van der Waals surface area contributed by atoms with Gasteiger partial charge in [-0.05, 0) is 55.5 Å². The molecule has 0 spiro atoms. The van der Waals surface area contributed by atoms with Crippen molar-refractivity contribution in [2.75, 3.05) is 5.32 Å². The van der Waals surface area contributed by atoms with E-state index in [2.05, 4.69) is 5.32 Å². The molecule has 0 fully saturated rings. The summed E-state index contributed by atoms with van der Waals surface area (Å²) in [6, 6.07) is 19.3. The second-order valence-corrected chi connectivity index (χ2v) is 5.45. The minimum Gasteiger partial charge on any atom is -0.457 e. The number of ether oxygens (including phenoxy) is 2. The van der Waals surface area contributed by atoms with Crippen LogP contribution >= 0.6 is 0 Å². The number of esters is 1. The Morgan fingerprint density at radius 3 is 2.27 bits per heavy atom. The maximum absolute atomic E-state index is 12.1. The van der Waals surface area contributed by atoms with Gasteiger partial charge < -0.3 is 19.2 Å². The molecule has 1 amide bonds. The van der Waals surface area contributed by atoms with E-state index in [9.17, 15) is 9.59 Å². The lowest BCUT2D eigenvalue weighted by atomic mass is 10.2. The third-order valence-electron chi connectivity index (χ3n) is 3.48. The number of amides is 1. The smallest absolute Gasteiger partial charge is 0.374 e. The number of benzene rings is 2. The van der Waals surface area contributed by atoms with Gasteiger partial charge in [-0.15, -0.1) is 0 Å². The maximum atomic E-state index is 12.1. The zero-order valence-electron chi connectivity index (χ0n) is 14.0. The first-order valence-electron chi connectivity index (χ1n) is 8.00. The van der Waals surface area contributed by atoms with Crippen LogP contribution in [0.3, 0.4) is 0 Å². The van der Waals surface area contributed by atoms with Gasteiger partial charge in [0.25, 0.3) is 5.91 Å². The molecule has 0 saturated carbocycles. The summed E-state index contributed by atoms with van der Waals surface area (Å²) in [5, 5.41) is 2.68. The van der Waals surface area contributed by atoms with Gasteiger partial charge in [-0.25, -0.2) is 4.79 Å². The van der Waals surface area contributed by atoms with Crippen LogP contribution in [-0.2, 0) is 9.53 Å². The molecule has 6 heteroatoms. The minimum atomic E-state index is -0.965. The van der Waals surface area contributed by atoms with E-state index in [1.807, 2.05) is 30.3 Å². The van der Waals surface area contributed by atoms with Crippen molar-refractivity contribution in [1.29, 1.82) is 0 Å². The fourth-order valence-electron chi connectivity index (χ4n) is 2.14. The van der Waals surface area contributed by atoms with Crippen LogP contribution in [0.1, 0.15) is 17.5 Å². The summed E-state index contributed by atoms with van der Waals surface area (Å²) < 4.78 is 15.7. The fraction of sp³-hybridized carbons (Fsp3) is 0.100. The maximum Gasteiger partial charge on any atom is 0.374 e. The summed E-state index contributed by atoms with van der Waals surface area (Å²) in [6.07, 6.45) is 0.397. The van der Waals surface area contributed by atoms with Crippen molar-refractivity contribution in [1.82, 2.24) is 0 Å². The summed E-state index contributed by atoms with van der Waals surface area (Å²) >= 11 is 0. The van der Waals surface area contributed by atoms with Crippen LogP contribution in [0.2, 0.25) is 0 Å². The Morgan fingerprint density at radius 1 is 0.923 bits per heavy atom. The number of carbonyl (C=O) groups excluding carboxylic acids is 2. The second-order valence-electron chi connectivity index (χ2n) is 5.45. The third kappa shape index (κ3) is 4.51. The molecular formula is C20H17NO5. The topological polar surface area (TPSA) is 77.8 Å². The van der Waals surface area contributed by atoms with Gasteiger partial charge in [-0.1, -0.05) is 18.2 Å². The molecule has 3 aromatic rings. The molecule has 132 valence electrons. The van der Waals surface area contributed by atoms with E-state index in [1.54, 1.807) is 30.3 Å². The number of nitrogens with one attached hydrogen (secondary N) is 1. The Bertz CT molecular complexity index is 857. The first-order valence-corrected chi connectivity index (χ1v) is 8.00. The Kier molecular flexibility index (Phi) is 5.34. The van der Waals surface area contributed by atoms with Crippen molar-refractivity contribution in [3.8, 4) is 11.5 Å². The quantitative estimate of drug-likeness (QED) is 0.672. The lowest BCUT2D eigenvalue weighted by molar-refractivity contribution is -0.123. The molecule has 6 nitrogen and oxygen atoms in total. The summed E-state index contributed by atoms with van der Waals surface area (Å²) in [5.74, 6) is 0.284. The molecule has 1 atom stereocenters. The van der Waals surface area contributed by atoms with Crippen LogP contribution in [0.15, 0.2) is 77.4 Å². The van der Waals surface area contributed by atoms with E-state index in [-0.39, 0.29) is 5.76 Å². The van der Waals surface area contributed by atoms with Crippen LogP contribution in [0, 0.1) is 0 Å². The predicted molar refractivity (Wildman–Crippen MR) is 95.2 cm³/mol. The summed E-state index contributed by atoms with van der Waals surface area (Å²) in [4.78, 5) is 23.9. The molecule has 2 aromatic carbocycles. The number of anilines is 1. The average Bonchev–Trinajstić information content (AvgIpc) is 3.19. The van der Waals surface area contributed by atoms with E-state index in [0.29, 0.717) is 11.4 Å². The highest BCUT2D eigenvalue weighted by molar-refractivity contribution is 5.96. The van der Waals surface area contributed by atoms with Crippen LogP contribution < -0.4 is 10.1 Å². The van der Waals surface area contributed by atoms with Gasteiger partial charge in [0.05, 0.1) is 6.26 Å². The first-order chi connectivity index (χ1) is 12.6. The van der Waals surface area contributed by atoms with Gasteiger partial charge in [0, 0.05) is 5.69 Å². The second kappa shape index (κ2) is 8.02. The lowest BCUT2D eigenvalue weighted by Crippen LogP contribution is -2.29. The standard InChI is InChI=1S/C20H17NO5/c1-14(25-20(23)18-8-5-13-24-18)19(22)21-15-9-11-17(12-10-15)26-16-6-3-2-4-7-16/h2-14H,1H3,(H,21,22)/t14-/m0/s1. The van der Waals surface area contributed by atoms with Gasteiger partial charge in [0.1, 0.15) is 11.5 Å². The molecule has 0 saturated heterocycles. The van der Waals surface area contributed by atoms with Gasteiger partial charge in [-0.3, -0.25) is 4.79 Å². The summed E-state index contributed by atoms with van der Waals surface area (Å²) in [6.45, 7) is 1.49. The third-order valence-corrected chi connectivity index (χ3v) is 3.48. The highest BCUT2D eigenvalue weighted by Gasteiger charge is 2.20. The van der Waals surface area contributed by atoms with Crippen LogP contribution in [0.25, 0.3) is 0 Å². The summed E-state index contributed by atoms with van der Waals surface area (Å²) in [5.41, 5.74) is 0.566. The molecule has 3 rings (SSSR count). The van der Waals surface area contributed by atoms with Crippen molar-refractivity contribution < 1.29 is 23.5 Å². The van der Waals surface area contributed by atoms with Crippen molar-refractivity contribution in [3.05, 3.63) is 78.8 Å². The predicted octanol–water partition coefficient (Wildman–Crippen LogP) is 4.26. The summed E-state index contributed by atoms with van der Waals surface area (Å²) in [7, 11) is 0. The number of para-hydroxylation sites is 1. The highest BCUT2D eigenvalue weighted by atomic mass is 16.6. The van der Waals surface area contributed by atoms with Gasteiger partial charge in [-0.2, -0.15) is 0 Å². The Hall–Kier alpha value is -3.54. The molecule has 1 heterocycles. The molecule has 0 unspecified atom stereocenters. The number of carbonyl (C=O) groups is 2. The average molecular weight is 351 g/mol. The Labute approximate surface area is 150 Å². The van der Waals surface area contributed by atoms with Crippen LogP contribution in [0.5, 0.6) is 11.5 Å². The zero-order chi connectivity index (χ0) is 18.4. The largest absolute Gasteiger partial charge is 0.457 e. The molecule has 0 aliphatic heterocycles. The molecule has 0 bridgehead atoms. The first kappa shape index (κ1) is 17.3. The number of furan rings is 1. The zero-order valence-corrected chi connectivity index (χ0v) is 14.0. The van der Waals surface area contributed by atoms with Gasteiger partial charge >= 0.3 is 5.97 Å². The van der Waals surface area contributed by atoms with Crippen molar-refractivity contribution >= 4 is 17.6 Å². The van der Waals surface area contributed by atoms with Crippen molar-refractivity contribution in [3.63, 3.8) is 0 Å². The van der Waals surface area contributed by atoms with Crippen molar-refractivity contribution in [2.45, 2.75) is 13.0 Å². The van der Waals surface area contributed by atoms with E-state index in [1.165, 1.54) is 19.3 Å². The SMILES string of the molecule is C[C@H](OC(=O)c1ccco1)C(=O)Nc1ccc(Oc2ccccc2)cc1. The lowest BCUT2D eigenvalue weighted by Gasteiger charge is -2.13. The Balaban J connectivity index is 1.54. The van der Waals surface area contributed by atoms with Gasteiger partial charge in [0.15, 0.2) is 6.10 Å². The minimum absolute atomic E-state index is 0.0482. The van der Waals surface area contributed by atoms with E-state index in [0.717, 1.165) is 5.75 Å². The highest BCUT2D eigenvalue weighted by Crippen LogP contribution is 2.22. The number of rotatable bonds is 6. The van der Waals surface area contributed by atoms with E-state index >= 15 is 0 Å². The molecule has 0 aliphatic carbocycles. The molecule has 0 aliphatic rings. The van der Waals surface area contributed by atoms with Crippen molar-refractivity contribution in [2.24, 2.45) is 0 Å². The molecule has 26 heavy (non-hydrogen) atoms. The Morgan fingerprint density at radius 2 is 1.62 bits per heavy atom. The van der Waals surface area contributed by atoms with E-state index < -0.39 is 18.0 Å². The monoisotopic (exact) mass is 351 g/mol. The van der Waals surface area contributed by atoms with Crippen LogP contribution in [0.4, 0.5) is 5.69 Å². The molecular weight excluding hydrogens is 334 g/mol. The molecule has 1 N–H and O–H groups in total. The van der Waals surface area contributed by atoms with Crippen LogP contribution in [-0.4, -0.2) is 18.0 Å². The number of hydrogen-bond donors (Lipinski definition) is 1. The normalized spacial score (nSPS) is 11.4. The fourth-order valence-corrected chi connectivity index (χ4v) is 2.14. The van der Waals surface area contributed by atoms with Gasteiger partial charge in [0.2, 0.25) is 5.76 Å². The molecule has 0 radical (unpaired) electrons. The number of hydrogen-bond acceptors (Lipinski definition) is 5. The van der Waals surface area contributed by atoms with E-state index in [4.69, 9.17) is 13.9 Å². The molecule has 1 aromatic heterocycles.